The van der Waals surface area contributed by atoms with Gasteiger partial charge in [-0.3, -0.25) is 4.79 Å². The topological polar surface area (TPSA) is 113 Å². The van der Waals surface area contributed by atoms with Crippen molar-refractivity contribution in [2.75, 3.05) is 0 Å². The number of rotatable bonds is 9. The molecule has 7 heteroatoms. The molecule has 0 aromatic heterocycles. The van der Waals surface area contributed by atoms with Crippen molar-refractivity contribution in [3.8, 4) is 0 Å². The van der Waals surface area contributed by atoms with Crippen molar-refractivity contribution in [1.82, 2.24) is 5.32 Å². The lowest BCUT2D eigenvalue weighted by Crippen LogP contribution is -2.54. The van der Waals surface area contributed by atoms with Gasteiger partial charge in [-0.25, -0.2) is 9.59 Å². The molecule has 1 aromatic carbocycles. The number of carboxylic acids is 2. The van der Waals surface area contributed by atoms with Crippen LogP contribution in [0.3, 0.4) is 0 Å². The molecule has 0 bridgehead atoms. The minimum atomic E-state index is -1.64. The number of aliphatic carboxylic acids is 2. The van der Waals surface area contributed by atoms with Crippen molar-refractivity contribution in [3.05, 3.63) is 35.9 Å². The van der Waals surface area contributed by atoms with Crippen LogP contribution in [-0.4, -0.2) is 33.8 Å². The quantitative estimate of drug-likeness (QED) is 0.643. The number of alkyl carbamates (subject to hydrolysis) is 1. The lowest BCUT2D eigenvalue weighted by molar-refractivity contribution is -0.146. The summed E-state index contributed by atoms with van der Waals surface area (Å²) in [6, 6.07) is 8.96. The van der Waals surface area contributed by atoms with E-state index in [1.165, 1.54) is 0 Å². The average molecular weight is 323 g/mol. The summed E-state index contributed by atoms with van der Waals surface area (Å²) >= 11 is 0. The van der Waals surface area contributed by atoms with Crippen LogP contribution in [0.2, 0.25) is 0 Å². The van der Waals surface area contributed by atoms with E-state index in [1.807, 2.05) is 6.07 Å². The minimum absolute atomic E-state index is 0.00737. The second kappa shape index (κ2) is 8.77. The van der Waals surface area contributed by atoms with Gasteiger partial charge in [0.2, 0.25) is 0 Å². The van der Waals surface area contributed by atoms with Crippen molar-refractivity contribution in [3.63, 3.8) is 0 Å². The first-order valence-corrected chi connectivity index (χ1v) is 7.33. The molecule has 1 aromatic rings. The number of carbonyl (C=O) groups excluding carboxylic acids is 1. The normalized spacial score (nSPS) is 12.9. The van der Waals surface area contributed by atoms with Gasteiger partial charge in [0.1, 0.15) is 12.1 Å². The second-order valence-corrected chi connectivity index (χ2v) is 5.22. The van der Waals surface area contributed by atoms with Crippen LogP contribution in [0.5, 0.6) is 0 Å². The number of benzene rings is 1. The van der Waals surface area contributed by atoms with Gasteiger partial charge < -0.3 is 20.3 Å². The number of ether oxygens (including phenoxy) is 1. The molecule has 0 saturated carbocycles. The fourth-order valence-electron chi connectivity index (χ4n) is 2.22. The van der Waals surface area contributed by atoms with Crippen molar-refractivity contribution in [2.45, 2.75) is 44.8 Å². The molecular formula is C16H21NO6. The molecule has 1 amide bonds. The molecule has 1 unspecified atom stereocenters. The molecular weight excluding hydrogens is 302 g/mol. The molecule has 0 radical (unpaired) electrons. The molecule has 0 heterocycles. The van der Waals surface area contributed by atoms with Crippen LogP contribution in [0.4, 0.5) is 4.79 Å². The van der Waals surface area contributed by atoms with E-state index in [0.717, 1.165) is 5.56 Å². The highest BCUT2D eigenvalue weighted by atomic mass is 16.5. The second-order valence-electron chi connectivity index (χ2n) is 5.22. The van der Waals surface area contributed by atoms with Crippen LogP contribution < -0.4 is 5.32 Å². The Morgan fingerprint density at radius 1 is 1.13 bits per heavy atom. The van der Waals surface area contributed by atoms with Crippen molar-refractivity contribution in [2.24, 2.45) is 0 Å². The molecule has 1 atom stereocenters. The number of hydrogen-bond donors (Lipinski definition) is 3. The standard InChI is InChI=1S/C16H21NO6/c1-2-9-16(14(20)21,10-8-13(18)19)17-15(22)23-11-12-6-4-3-5-7-12/h3-7H,2,8-11H2,1H3,(H,17,22)(H,18,19)(H,20,21). The third kappa shape index (κ3) is 5.98. The van der Waals surface area contributed by atoms with Crippen molar-refractivity contribution >= 4 is 18.0 Å². The number of hydrogen-bond acceptors (Lipinski definition) is 4. The van der Waals surface area contributed by atoms with Gasteiger partial charge in [-0.2, -0.15) is 0 Å². The SMILES string of the molecule is CCCC(CCC(=O)O)(NC(=O)OCc1ccccc1)C(=O)O. The van der Waals surface area contributed by atoms with Gasteiger partial charge in [-0.05, 0) is 18.4 Å². The third-order valence-corrected chi connectivity index (χ3v) is 3.41. The molecule has 0 saturated heterocycles. The van der Waals surface area contributed by atoms with E-state index in [0.29, 0.717) is 6.42 Å². The predicted octanol–water partition coefficient (Wildman–Crippen LogP) is 2.40. The van der Waals surface area contributed by atoms with E-state index in [4.69, 9.17) is 9.84 Å². The predicted molar refractivity (Wildman–Crippen MR) is 81.9 cm³/mol. The lowest BCUT2D eigenvalue weighted by atomic mass is 9.88. The van der Waals surface area contributed by atoms with Crippen LogP contribution >= 0.6 is 0 Å². The Bertz CT molecular complexity index is 545. The summed E-state index contributed by atoms with van der Waals surface area (Å²) in [4.78, 5) is 34.2. The fourth-order valence-corrected chi connectivity index (χ4v) is 2.22. The van der Waals surface area contributed by atoms with E-state index in [-0.39, 0.29) is 25.9 Å². The molecule has 0 aliphatic rings. The molecule has 7 nitrogen and oxygen atoms in total. The van der Waals surface area contributed by atoms with E-state index >= 15 is 0 Å². The van der Waals surface area contributed by atoms with Crippen LogP contribution in [0.1, 0.15) is 38.2 Å². The maximum absolute atomic E-state index is 11.9. The van der Waals surface area contributed by atoms with E-state index in [9.17, 15) is 19.5 Å². The monoisotopic (exact) mass is 323 g/mol. The Morgan fingerprint density at radius 3 is 2.30 bits per heavy atom. The maximum Gasteiger partial charge on any atom is 0.408 e. The van der Waals surface area contributed by atoms with Gasteiger partial charge in [0.25, 0.3) is 0 Å². The molecule has 126 valence electrons. The largest absolute Gasteiger partial charge is 0.481 e. The molecule has 0 fully saturated rings. The minimum Gasteiger partial charge on any atom is -0.481 e. The smallest absolute Gasteiger partial charge is 0.408 e. The highest BCUT2D eigenvalue weighted by molar-refractivity contribution is 5.85. The summed E-state index contributed by atoms with van der Waals surface area (Å²) in [5.41, 5.74) is -0.870. The van der Waals surface area contributed by atoms with Crippen LogP contribution in [0.15, 0.2) is 30.3 Å². The Hall–Kier alpha value is -2.57. The number of nitrogens with one attached hydrogen (secondary N) is 1. The van der Waals surface area contributed by atoms with Crippen LogP contribution in [0, 0.1) is 0 Å². The molecule has 0 aliphatic carbocycles. The van der Waals surface area contributed by atoms with Gasteiger partial charge in [-0.1, -0.05) is 43.7 Å². The molecule has 0 spiro atoms. The number of carboxylic acid groups (broad SMARTS) is 2. The summed E-state index contributed by atoms with van der Waals surface area (Å²) in [6.45, 7) is 1.77. The first-order valence-electron chi connectivity index (χ1n) is 7.33. The fraction of sp³-hybridized carbons (Fsp3) is 0.438. The van der Waals surface area contributed by atoms with Crippen LogP contribution in [0.25, 0.3) is 0 Å². The zero-order chi connectivity index (χ0) is 17.3. The van der Waals surface area contributed by atoms with Gasteiger partial charge in [0, 0.05) is 6.42 Å². The molecule has 0 aliphatic heterocycles. The maximum atomic E-state index is 11.9. The summed E-state index contributed by atoms with van der Waals surface area (Å²) in [6.07, 6.45) is -0.840. The van der Waals surface area contributed by atoms with Crippen molar-refractivity contribution in [1.29, 1.82) is 0 Å². The van der Waals surface area contributed by atoms with E-state index in [2.05, 4.69) is 5.32 Å². The van der Waals surface area contributed by atoms with Crippen LogP contribution in [-0.2, 0) is 20.9 Å². The van der Waals surface area contributed by atoms with Gasteiger partial charge in [0.15, 0.2) is 0 Å². The van der Waals surface area contributed by atoms with Crippen molar-refractivity contribution < 1.29 is 29.3 Å². The molecule has 23 heavy (non-hydrogen) atoms. The lowest BCUT2D eigenvalue weighted by Gasteiger charge is -2.29. The number of carbonyl (C=O) groups is 3. The molecule has 3 N–H and O–H groups in total. The molecule has 1 rings (SSSR count). The van der Waals surface area contributed by atoms with Gasteiger partial charge in [0.05, 0.1) is 0 Å². The first-order chi connectivity index (χ1) is 10.9. The summed E-state index contributed by atoms with van der Waals surface area (Å²) in [5.74, 6) is -2.39. The highest BCUT2D eigenvalue weighted by Gasteiger charge is 2.40. The van der Waals surface area contributed by atoms with Gasteiger partial charge in [-0.15, -0.1) is 0 Å². The Kier molecular flexibility index (Phi) is 7.05. The highest BCUT2D eigenvalue weighted by Crippen LogP contribution is 2.21. The van der Waals surface area contributed by atoms with Gasteiger partial charge >= 0.3 is 18.0 Å². The van der Waals surface area contributed by atoms with E-state index in [1.54, 1.807) is 31.2 Å². The number of amides is 1. The Balaban J connectivity index is 2.72. The zero-order valence-corrected chi connectivity index (χ0v) is 12.9. The summed E-state index contributed by atoms with van der Waals surface area (Å²) < 4.78 is 5.03. The Labute approximate surface area is 134 Å². The average Bonchev–Trinajstić information content (AvgIpc) is 2.51. The third-order valence-electron chi connectivity index (χ3n) is 3.41. The van der Waals surface area contributed by atoms with E-state index < -0.39 is 23.6 Å². The summed E-state index contributed by atoms with van der Waals surface area (Å²) in [5, 5.41) is 20.5. The summed E-state index contributed by atoms with van der Waals surface area (Å²) in [7, 11) is 0. The zero-order valence-electron chi connectivity index (χ0n) is 12.9. The first kappa shape index (κ1) is 18.5. The Morgan fingerprint density at radius 2 is 1.78 bits per heavy atom.